The van der Waals surface area contributed by atoms with E-state index in [0.29, 0.717) is 16.1 Å². The fourth-order valence-electron chi connectivity index (χ4n) is 1.60. The molecule has 15 heavy (non-hydrogen) atoms. The third-order valence-corrected chi connectivity index (χ3v) is 3.72. The maximum absolute atomic E-state index is 8.79. The number of rotatable bonds is 1. The van der Waals surface area contributed by atoms with Crippen LogP contribution in [0, 0.1) is 11.3 Å². The summed E-state index contributed by atoms with van der Waals surface area (Å²) in [5, 5.41) is 13.3. The van der Waals surface area contributed by atoms with Crippen molar-refractivity contribution in [3.05, 3.63) is 10.0 Å². The van der Waals surface area contributed by atoms with Crippen molar-refractivity contribution in [1.82, 2.24) is 10.3 Å². The summed E-state index contributed by atoms with van der Waals surface area (Å²) in [6.07, 6.45) is 0. The molecule has 1 aromatic heterocycles. The first-order valence-corrected chi connectivity index (χ1v) is 5.95. The Labute approximate surface area is 97.5 Å². The average Bonchev–Trinajstić information content (AvgIpc) is 2.60. The third-order valence-electron chi connectivity index (χ3n) is 2.32. The summed E-state index contributed by atoms with van der Waals surface area (Å²) in [7, 11) is 0. The average molecular weight is 243 g/mol. The van der Waals surface area contributed by atoms with Gasteiger partial charge in [-0.25, -0.2) is 4.98 Å². The number of hydrogen-bond donors (Lipinski definition) is 1. The van der Waals surface area contributed by atoms with Gasteiger partial charge in [0.25, 0.3) is 0 Å². The van der Waals surface area contributed by atoms with Gasteiger partial charge in [0.15, 0.2) is 10.3 Å². The van der Waals surface area contributed by atoms with Gasteiger partial charge >= 0.3 is 0 Å². The molecule has 6 heteroatoms. The summed E-state index contributed by atoms with van der Waals surface area (Å²) in [5.41, 5.74) is 0. The Morgan fingerprint density at radius 3 is 3.13 bits per heavy atom. The van der Waals surface area contributed by atoms with Gasteiger partial charge in [-0.3, -0.25) is 0 Å². The predicted octanol–water partition coefficient (Wildman–Crippen LogP) is 1.47. The van der Waals surface area contributed by atoms with E-state index >= 15 is 0 Å². The molecule has 0 saturated carbocycles. The van der Waals surface area contributed by atoms with E-state index in [9.17, 15) is 0 Å². The predicted molar refractivity (Wildman–Crippen MR) is 61.5 cm³/mol. The minimum atomic E-state index is 0.323. The smallest absolute Gasteiger partial charge is 0.188 e. The van der Waals surface area contributed by atoms with E-state index in [1.54, 1.807) is 0 Å². The van der Waals surface area contributed by atoms with E-state index in [4.69, 9.17) is 16.9 Å². The van der Waals surface area contributed by atoms with Gasteiger partial charge < -0.3 is 10.2 Å². The van der Waals surface area contributed by atoms with Crippen molar-refractivity contribution in [2.75, 3.05) is 24.5 Å². The van der Waals surface area contributed by atoms with E-state index in [-0.39, 0.29) is 0 Å². The molecule has 1 saturated heterocycles. The highest BCUT2D eigenvalue weighted by Gasteiger charge is 2.20. The number of thiazole rings is 1. The van der Waals surface area contributed by atoms with Crippen LogP contribution in [0.15, 0.2) is 0 Å². The summed E-state index contributed by atoms with van der Waals surface area (Å²) in [5.74, 6) is 0. The van der Waals surface area contributed by atoms with Crippen LogP contribution in [0.5, 0.6) is 0 Å². The first-order valence-electron chi connectivity index (χ1n) is 4.75. The van der Waals surface area contributed by atoms with Gasteiger partial charge in [-0.05, 0) is 6.92 Å². The van der Waals surface area contributed by atoms with Crippen molar-refractivity contribution in [2.24, 2.45) is 0 Å². The van der Waals surface area contributed by atoms with Crippen molar-refractivity contribution in [3.8, 4) is 6.07 Å². The van der Waals surface area contributed by atoms with Gasteiger partial charge in [-0.2, -0.15) is 5.26 Å². The number of anilines is 1. The second-order valence-electron chi connectivity index (χ2n) is 3.53. The van der Waals surface area contributed by atoms with E-state index in [0.717, 1.165) is 24.8 Å². The van der Waals surface area contributed by atoms with Crippen LogP contribution in [0.3, 0.4) is 0 Å². The summed E-state index contributed by atoms with van der Waals surface area (Å²) in [4.78, 5) is 6.86. The second-order valence-corrected chi connectivity index (χ2v) is 4.86. The van der Waals surface area contributed by atoms with Crippen LogP contribution < -0.4 is 10.2 Å². The molecule has 0 aliphatic carbocycles. The van der Waals surface area contributed by atoms with Crippen LogP contribution in [0.25, 0.3) is 0 Å². The maximum Gasteiger partial charge on any atom is 0.188 e. The van der Waals surface area contributed by atoms with E-state index < -0.39 is 0 Å². The van der Waals surface area contributed by atoms with Crippen LogP contribution in [-0.4, -0.2) is 30.7 Å². The van der Waals surface area contributed by atoms with Crippen LogP contribution in [0.1, 0.15) is 11.8 Å². The monoisotopic (exact) mass is 242 g/mol. The number of aromatic nitrogens is 1. The second kappa shape index (κ2) is 4.35. The van der Waals surface area contributed by atoms with Gasteiger partial charge in [0, 0.05) is 25.7 Å². The number of nitrogens with zero attached hydrogens (tertiary/aromatic N) is 3. The van der Waals surface area contributed by atoms with Gasteiger partial charge in [0.2, 0.25) is 0 Å². The maximum atomic E-state index is 8.79. The Bertz CT molecular complexity index is 397. The molecule has 0 bridgehead atoms. The molecular weight excluding hydrogens is 232 g/mol. The quantitative estimate of drug-likeness (QED) is 0.810. The minimum absolute atomic E-state index is 0.323. The van der Waals surface area contributed by atoms with Crippen molar-refractivity contribution in [3.63, 3.8) is 0 Å². The Kier molecular flexibility index (Phi) is 3.10. The van der Waals surface area contributed by atoms with Gasteiger partial charge in [-0.1, -0.05) is 22.9 Å². The highest BCUT2D eigenvalue weighted by molar-refractivity contribution is 7.16. The molecular formula is C9H11ClN4S. The van der Waals surface area contributed by atoms with Gasteiger partial charge in [0.1, 0.15) is 10.9 Å². The zero-order chi connectivity index (χ0) is 10.8. The van der Waals surface area contributed by atoms with Gasteiger partial charge in [0.05, 0.1) is 0 Å². The molecule has 80 valence electrons. The summed E-state index contributed by atoms with van der Waals surface area (Å²) in [6.45, 7) is 4.90. The molecule has 2 rings (SSSR count). The van der Waals surface area contributed by atoms with Crippen LogP contribution in [0.4, 0.5) is 5.13 Å². The minimum Gasteiger partial charge on any atom is -0.345 e. The highest BCUT2D eigenvalue weighted by Crippen LogP contribution is 2.29. The molecule has 0 radical (unpaired) electrons. The number of nitrogens with one attached hydrogen (secondary N) is 1. The van der Waals surface area contributed by atoms with Crippen LogP contribution in [-0.2, 0) is 0 Å². The molecule has 0 aromatic carbocycles. The molecule has 1 aromatic rings. The first kappa shape index (κ1) is 10.7. The molecule has 0 spiro atoms. The zero-order valence-corrected chi connectivity index (χ0v) is 9.90. The van der Waals surface area contributed by atoms with Gasteiger partial charge in [-0.15, -0.1) is 0 Å². The number of nitriles is 1. The molecule has 4 nitrogen and oxygen atoms in total. The molecule has 1 unspecified atom stereocenters. The van der Waals surface area contributed by atoms with Crippen molar-refractivity contribution in [2.45, 2.75) is 13.0 Å². The SMILES string of the molecule is CC1CN(c2nc(Cl)c(C#N)s2)CCN1. The summed E-state index contributed by atoms with van der Waals surface area (Å²) >= 11 is 7.20. The first-order chi connectivity index (χ1) is 7.20. The van der Waals surface area contributed by atoms with E-state index in [1.807, 2.05) is 6.07 Å². The Balaban J connectivity index is 2.18. The molecule has 2 heterocycles. The van der Waals surface area contributed by atoms with E-state index in [1.165, 1.54) is 11.3 Å². The highest BCUT2D eigenvalue weighted by atomic mass is 35.5. The lowest BCUT2D eigenvalue weighted by Gasteiger charge is -2.31. The lowest BCUT2D eigenvalue weighted by molar-refractivity contribution is 0.484. The number of hydrogen-bond acceptors (Lipinski definition) is 5. The molecule has 1 fully saturated rings. The Morgan fingerprint density at radius 1 is 1.73 bits per heavy atom. The van der Waals surface area contributed by atoms with Crippen molar-refractivity contribution in [1.29, 1.82) is 5.26 Å². The van der Waals surface area contributed by atoms with Crippen molar-refractivity contribution >= 4 is 28.1 Å². The van der Waals surface area contributed by atoms with E-state index in [2.05, 4.69) is 22.1 Å². The standard InChI is InChI=1S/C9H11ClN4S/c1-6-5-14(3-2-12-6)9-13-8(10)7(4-11)15-9/h6,12H,2-3,5H2,1H3. The normalized spacial score (nSPS) is 21.4. The Hall–Kier alpha value is -0.830. The summed E-state index contributed by atoms with van der Waals surface area (Å²) in [6, 6.07) is 2.50. The molecule has 0 amide bonds. The lowest BCUT2D eigenvalue weighted by Crippen LogP contribution is -2.49. The molecule has 1 aliphatic heterocycles. The molecule has 1 atom stereocenters. The fourth-order valence-corrected chi connectivity index (χ4v) is 2.68. The largest absolute Gasteiger partial charge is 0.345 e. The van der Waals surface area contributed by atoms with Crippen LogP contribution >= 0.6 is 22.9 Å². The third kappa shape index (κ3) is 2.23. The van der Waals surface area contributed by atoms with Crippen molar-refractivity contribution < 1.29 is 0 Å². The van der Waals surface area contributed by atoms with Crippen LogP contribution in [0.2, 0.25) is 5.15 Å². The fraction of sp³-hybridized carbons (Fsp3) is 0.556. The Morgan fingerprint density at radius 2 is 2.53 bits per heavy atom. The number of piperazine rings is 1. The topological polar surface area (TPSA) is 52.0 Å². The zero-order valence-electron chi connectivity index (χ0n) is 8.33. The lowest BCUT2D eigenvalue weighted by atomic mass is 10.2. The molecule has 1 aliphatic rings. The molecule has 1 N–H and O–H groups in total. The number of halogens is 1. The summed E-state index contributed by atoms with van der Waals surface area (Å²) < 4.78 is 0.